The van der Waals surface area contributed by atoms with Crippen molar-refractivity contribution >= 4 is 33.4 Å². The van der Waals surface area contributed by atoms with Crippen LogP contribution in [0.4, 0.5) is 5.13 Å². The first-order valence-corrected chi connectivity index (χ1v) is 10.6. The van der Waals surface area contributed by atoms with Crippen molar-refractivity contribution in [2.75, 3.05) is 5.32 Å². The van der Waals surface area contributed by atoms with E-state index in [-0.39, 0.29) is 11.9 Å². The van der Waals surface area contributed by atoms with Crippen molar-refractivity contribution in [3.05, 3.63) is 34.1 Å². The first-order chi connectivity index (χ1) is 13.1. The molecule has 3 aromatic rings. The number of nitrogens with zero attached hydrogens (tertiary/aromatic N) is 4. The van der Waals surface area contributed by atoms with E-state index in [1.54, 1.807) is 17.5 Å². The van der Waals surface area contributed by atoms with Gasteiger partial charge in [-0.1, -0.05) is 0 Å². The monoisotopic (exact) mass is 381 g/mol. The molecule has 1 fully saturated rings. The number of aryl methyl sites for hydroxylation is 2. The predicted octanol–water partition coefficient (Wildman–Crippen LogP) is 4.48. The molecule has 140 valence electrons. The van der Waals surface area contributed by atoms with Crippen molar-refractivity contribution in [3.8, 4) is 0 Å². The fourth-order valence-electron chi connectivity index (χ4n) is 3.76. The van der Waals surface area contributed by atoms with E-state index in [1.807, 2.05) is 10.7 Å². The summed E-state index contributed by atoms with van der Waals surface area (Å²) in [6.45, 7) is 4.16. The molecule has 7 heteroatoms. The molecule has 0 aromatic carbocycles. The predicted molar refractivity (Wildman–Crippen MR) is 107 cm³/mol. The molecular weight excluding hydrogens is 358 g/mol. The molecule has 27 heavy (non-hydrogen) atoms. The zero-order chi connectivity index (χ0) is 18.5. The quantitative estimate of drug-likeness (QED) is 0.723. The summed E-state index contributed by atoms with van der Waals surface area (Å²) in [6, 6.07) is 2.15. The standard InChI is InChI=1S/C20H23N5OS/c1-11(2)25-18-14(10-21-25)13(9-16(22-18)12-7-8-12)19(26)24-20-23-15-5-3-4-6-17(15)27-20/h9-12H,3-8H2,1-2H3,(H,23,24,26). The second-order valence-electron chi connectivity index (χ2n) is 7.84. The summed E-state index contributed by atoms with van der Waals surface area (Å²) >= 11 is 1.62. The van der Waals surface area contributed by atoms with Gasteiger partial charge in [0, 0.05) is 22.5 Å². The van der Waals surface area contributed by atoms with Crippen LogP contribution in [0.15, 0.2) is 12.3 Å². The average molecular weight is 382 g/mol. The Morgan fingerprint density at radius 2 is 2.07 bits per heavy atom. The second-order valence-corrected chi connectivity index (χ2v) is 8.92. The average Bonchev–Trinajstić information content (AvgIpc) is 3.28. The molecular formula is C20H23N5OS. The van der Waals surface area contributed by atoms with Gasteiger partial charge in [0.1, 0.15) is 0 Å². The van der Waals surface area contributed by atoms with E-state index in [0.29, 0.717) is 16.6 Å². The summed E-state index contributed by atoms with van der Waals surface area (Å²) in [7, 11) is 0. The minimum Gasteiger partial charge on any atom is -0.298 e. The van der Waals surface area contributed by atoms with Crippen LogP contribution in [-0.4, -0.2) is 25.7 Å². The number of pyridine rings is 1. The second kappa shape index (κ2) is 6.41. The highest BCUT2D eigenvalue weighted by Gasteiger charge is 2.28. The van der Waals surface area contributed by atoms with Crippen LogP contribution in [0.3, 0.4) is 0 Å². The van der Waals surface area contributed by atoms with Crippen LogP contribution in [0.5, 0.6) is 0 Å². The Kier molecular flexibility index (Phi) is 4.00. The molecule has 1 saturated carbocycles. The Hall–Kier alpha value is -2.28. The molecule has 0 unspecified atom stereocenters. The lowest BCUT2D eigenvalue weighted by Gasteiger charge is -2.10. The molecule has 2 aliphatic carbocycles. The number of hydrogen-bond acceptors (Lipinski definition) is 5. The van der Waals surface area contributed by atoms with Gasteiger partial charge in [0.25, 0.3) is 5.91 Å². The van der Waals surface area contributed by atoms with E-state index in [9.17, 15) is 4.79 Å². The molecule has 0 spiro atoms. The van der Waals surface area contributed by atoms with Gasteiger partial charge in [0.2, 0.25) is 0 Å². The van der Waals surface area contributed by atoms with Crippen molar-refractivity contribution in [1.82, 2.24) is 19.7 Å². The van der Waals surface area contributed by atoms with Gasteiger partial charge in [-0.25, -0.2) is 14.6 Å². The van der Waals surface area contributed by atoms with Crippen molar-refractivity contribution < 1.29 is 4.79 Å². The van der Waals surface area contributed by atoms with Crippen molar-refractivity contribution in [2.45, 2.75) is 64.3 Å². The molecule has 0 bridgehead atoms. The lowest BCUT2D eigenvalue weighted by atomic mass is 10.0. The maximum atomic E-state index is 13.1. The van der Waals surface area contributed by atoms with Gasteiger partial charge < -0.3 is 0 Å². The Labute approximate surface area is 162 Å². The van der Waals surface area contributed by atoms with Crippen LogP contribution in [0.1, 0.15) is 78.1 Å². The SMILES string of the molecule is CC(C)n1ncc2c(C(=O)Nc3nc4c(s3)CCCC4)cc(C3CC3)nc21. The van der Waals surface area contributed by atoms with Gasteiger partial charge in [-0.3, -0.25) is 10.1 Å². The highest BCUT2D eigenvalue weighted by atomic mass is 32.1. The number of amides is 1. The molecule has 0 aliphatic heterocycles. The molecule has 2 aliphatic rings. The van der Waals surface area contributed by atoms with E-state index < -0.39 is 0 Å². The van der Waals surface area contributed by atoms with E-state index in [2.05, 4.69) is 29.2 Å². The summed E-state index contributed by atoms with van der Waals surface area (Å²) in [5, 5.41) is 9.04. The number of rotatable bonds is 4. The van der Waals surface area contributed by atoms with Gasteiger partial charge in [-0.2, -0.15) is 5.10 Å². The lowest BCUT2D eigenvalue weighted by molar-refractivity contribution is 0.102. The fourth-order valence-corrected chi connectivity index (χ4v) is 4.81. The summed E-state index contributed by atoms with van der Waals surface area (Å²) in [5.41, 5.74) is 3.63. The maximum absolute atomic E-state index is 13.1. The smallest absolute Gasteiger partial charge is 0.258 e. The summed E-state index contributed by atoms with van der Waals surface area (Å²) in [6.07, 6.45) is 8.56. The van der Waals surface area contributed by atoms with E-state index in [0.717, 1.165) is 48.1 Å². The first kappa shape index (κ1) is 16.9. The number of aromatic nitrogens is 4. The van der Waals surface area contributed by atoms with Gasteiger partial charge in [0.15, 0.2) is 10.8 Å². The third-order valence-corrected chi connectivity index (χ3v) is 6.45. The number of carbonyl (C=O) groups excluding carboxylic acids is 1. The van der Waals surface area contributed by atoms with Crippen molar-refractivity contribution in [3.63, 3.8) is 0 Å². The number of carbonyl (C=O) groups is 1. The Morgan fingerprint density at radius 1 is 1.26 bits per heavy atom. The summed E-state index contributed by atoms with van der Waals surface area (Å²) < 4.78 is 1.90. The van der Waals surface area contributed by atoms with Crippen LogP contribution in [0.25, 0.3) is 11.0 Å². The highest BCUT2D eigenvalue weighted by molar-refractivity contribution is 7.15. The summed E-state index contributed by atoms with van der Waals surface area (Å²) in [5.74, 6) is 0.363. The van der Waals surface area contributed by atoms with E-state index in [4.69, 9.17) is 4.98 Å². The third kappa shape index (κ3) is 3.04. The molecule has 3 aromatic heterocycles. The largest absolute Gasteiger partial charge is 0.298 e. The molecule has 1 N–H and O–H groups in total. The Morgan fingerprint density at radius 3 is 2.81 bits per heavy atom. The number of nitrogens with one attached hydrogen (secondary N) is 1. The Bertz CT molecular complexity index is 1010. The first-order valence-electron chi connectivity index (χ1n) is 9.78. The molecule has 5 rings (SSSR count). The molecule has 3 heterocycles. The Balaban J connectivity index is 1.53. The van der Waals surface area contributed by atoms with Gasteiger partial charge >= 0.3 is 0 Å². The summed E-state index contributed by atoms with van der Waals surface area (Å²) in [4.78, 5) is 23.9. The van der Waals surface area contributed by atoms with Crippen molar-refractivity contribution in [2.24, 2.45) is 0 Å². The topological polar surface area (TPSA) is 72.7 Å². The molecule has 6 nitrogen and oxygen atoms in total. The molecule has 0 atom stereocenters. The highest BCUT2D eigenvalue weighted by Crippen LogP contribution is 2.40. The minimum atomic E-state index is -0.112. The van der Waals surface area contributed by atoms with E-state index >= 15 is 0 Å². The van der Waals surface area contributed by atoms with Crippen LogP contribution in [-0.2, 0) is 12.8 Å². The molecule has 1 amide bonds. The zero-order valence-corrected chi connectivity index (χ0v) is 16.5. The number of thiazole rings is 1. The maximum Gasteiger partial charge on any atom is 0.258 e. The third-order valence-electron chi connectivity index (χ3n) is 5.38. The fraction of sp³-hybridized carbons (Fsp3) is 0.500. The minimum absolute atomic E-state index is 0.112. The molecule has 0 radical (unpaired) electrons. The number of hydrogen-bond donors (Lipinski definition) is 1. The van der Waals surface area contributed by atoms with Crippen LogP contribution < -0.4 is 5.32 Å². The van der Waals surface area contributed by atoms with Crippen LogP contribution in [0, 0.1) is 0 Å². The van der Waals surface area contributed by atoms with Gasteiger partial charge in [0.05, 0.1) is 22.8 Å². The van der Waals surface area contributed by atoms with Crippen LogP contribution in [0.2, 0.25) is 0 Å². The van der Waals surface area contributed by atoms with E-state index in [1.165, 1.54) is 17.7 Å². The lowest BCUT2D eigenvalue weighted by Crippen LogP contribution is -2.14. The van der Waals surface area contributed by atoms with Gasteiger partial charge in [-0.05, 0) is 58.4 Å². The van der Waals surface area contributed by atoms with Gasteiger partial charge in [-0.15, -0.1) is 11.3 Å². The number of fused-ring (bicyclic) bond motifs is 2. The number of anilines is 1. The zero-order valence-electron chi connectivity index (χ0n) is 15.7. The van der Waals surface area contributed by atoms with Crippen molar-refractivity contribution in [1.29, 1.82) is 0 Å². The van der Waals surface area contributed by atoms with Crippen LogP contribution >= 0.6 is 11.3 Å². The normalized spacial score (nSPS) is 16.7. The molecule has 0 saturated heterocycles.